The lowest BCUT2D eigenvalue weighted by Crippen LogP contribution is -2.30. The van der Waals surface area contributed by atoms with E-state index in [9.17, 15) is 4.79 Å². The lowest BCUT2D eigenvalue weighted by Gasteiger charge is -2.16. The lowest BCUT2D eigenvalue weighted by molar-refractivity contribution is -0.114. The van der Waals surface area contributed by atoms with Crippen molar-refractivity contribution in [1.29, 1.82) is 0 Å². The van der Waals surface area contributed by atoms with Crippen molar-refractivity contribution < 1.29 is 14.3 Å². The number of nitrogens with zero attached hydrogens (tertiary/aromatic N) is 2. The molecule has 1 amide bonds. The summed E-state index contributed by atoms with van der Waals surface area (Å²) in [5.41, 5.74) is 3.13. The van der Waals surface area contributed by atoms with Crippen molar-refractivity contribution in [3.05, 3.63) is 95.7 Å². The number of hydrogen-bond acceptors (Lipinski definition) is 4. The zero-order valence-electron chi connectivity index (χ0n) is 17.3. The number of anilines is 1. The van der Waals surface area contributed by atoms with Crippen molar-refractivity contribution in [2.75, 3.05) is 19.1 Å². The Hall–Kier alpha value is -3.64. The van der Waals surface area contributed by atoms with E-state index in [0.29, 0.717) is 28.9 Å². The molecule has 1 fully saturated rings. The number of para-hydroxylation sites is 1. The van der Waals surface area contributed by atoms with Gasteiger partial charge in [0, 0.05) is 7.05 Å². The quantitative estimate of drug-likeness (QED) is 0.412. The standard InChI is InChI=1S/C25H22N2O3S/c1-26-21(24(28)27(25(26)31)20-11-7-4-8-12-20)15-19-13-14-22(23(16-19)29-2)30-17-18-9-5-3-6-10-18/h3-16H,17H2,1-2H3/b21-15-. The fraction of sp³-hybridized carbons (Fsp3) is 0.120. The minimum atomic E-state index is -0.165. The largest absolute Gasteiger partial charge is 0.493 e. The smallest absolute Gasteiger partial charge is 0.281 e. The van der Waals surface area contributed by atoms with E-state index in [2.05, 4.69) is 0 Å². The molecule has 1 aliphatic rings. The monoisotopic (exact) mass is 430 g/mol. The third-order valence-corrected chi connectivity index (χ3v) is 5.46. The van der Waals surface area contributed by atoms with Gasteiger partial charge in [0.2, 0.25) is 0 Å². The second-order valence-corrected chi connectivity index (χ2v) is 7.40. The molecule has 0 unspecified atom stereocenters. The van der Waals surface area contributed by atoms with Gasteiger partial charge in [-0.2, -0.15) is 0 Å². The molecular formula is C25H22N2O3S. The molecule has 1 aliphatic heterocycles. The van der Waals surface area contributed by atoms with Crippen LogP contribution in [0, 0.1) is 0 Å². The molecule has 3 aromatic rings. The Labute approximate surface area is 187 Å². The number of carbonyl (C=O) groups excluding carboxylic acids is 1. The van der Waals surface area contributed by atoms with E-state index in [1.54, 1.807) is 25.1 Å². The molecule has 0 atom stereocenters. The Kier molecular flexibility index (Phi) is 6.00. The molecule has 0 N–H and O–H groups in total. The van der Waals surface area contributed by atoms with Crippen molar-refractivity contribution >= 4 is 35.0 Å². The van der Waals surface area contributed by atoms with Crippen LogP contribution >= 0.6 is 12.2 Å². The molecule has 0 bridgehead atoms. The van der Waals surface area contributed by atoms with Gasteiger partial charge in [0.25, 0.3) is 5.91 Å². The number of hydrogen-bond donors (Lipinski definition) is 0. The van der Waals surface area contributed by atoms with Gasteiger partial charge in [0.1, 0.15) is 12.3 Å². The Morgan fingerprint density at radius 3 is 2.29 bits per heavy atom. The summed E-state index contributed by atoms with van der Waals surface area (Å²) in [5, 5.41) is 0.442. The molecule has 1 heterocycles. The predicted octanol–water partition coefficient (Wildman–Crippen LogP) is 4.88. The van der Waals surface area contributed by atoms with E-state index in [4.69, 9.17) is 21.7 Å². The molecule has 31 heavy (non-hydrogen) atoms. The first-order chi connectivity index (χ1) is 15.1. The molecule has 1 saturated heterocycles. The van der Waals surface area contributed by atoms with Gasteiger partial charge in [-0.3, -0.25) is 9.69 Å². The molecule has 0 aliphatic carbocycles. The maximum absolute atomic E-state index is 13.1. The van der Waals surface area contributed by atoms with Crippen LogP contribution in [0.5, 0.6) is 11.5 Å². The maximum Gasteiger partial charge on any atom is 0.281 e. The summed E-state index contributed by atoms with van der Waals surface area (Å²) in [4.78, 5) is 16.3. The molecule has 0 saturated carbocycles. The Morgan fingerprint density at radius 2 is 1.61 bits per heavy atom. The molecular weight excluding hydrogens is 408 g/mol. The highest BCUT2D eigenvalue weighted by molar-refractivity contribution is 7.80. The van der Waals surface area contributed by atoms with Crippen LogP contribution in [0.15, 0.2) is 84.6 Å². The first kappa shape index (κ1) is 20.6. The highest BCUT2D eigenvalue weighted by Gasteiger charge is 2.36. The van der Waals surface area contributed by atoms with Crippen LogP contribution in [0.25, 0.3) is 6.08 Å². The third-order valence-electron chi connectivity index (χ3n) is 5.00. The second-order valence-electron chi connectivity index (χ2n) is 7.03. The minimum absolute atomic E-state index is 0.165. The Balaban J connectivity index is 1.58. The molecule has 6 heteroatoms. The highest BCUT2D eigenvalue weighted by atomic mass is 32.1. The van der Waals surface area contributed by atoms with Gasteiger partial charge < -0.3 is 14.4 Å². The molecule has 5 nitrogen and oxygen atoms in total. The zero-order valence-corrected chi connectivity index (χ0v) is 18.1. The van der Waals surface area contributed by atoms with Crippen molar-refractivity contribution in [1.82, 2.24) is 4.90 Å². The summed E-state index contributed by atoms with van der Waals surface area (Å²) in [6, 6.07) is 24.9. The normalized spacial score (nSPS) is 15.0. The molecule has 0 aromatic heterocycles. The number of carbonyl (C=O) groups is 1. The summed E-state index contributed by atoms with van der Waals surface area (Å²) in [6.07, 6.45) is 1.81. The third kappa shape index (κ3) is 4.29. The van der Waals surface area contributed by atoms with Crippen LogP contribution in [0.1, 0.15) is 11.1 Å². The van der Waals surface area contributed by atoms with Gasteiger partial charge in [0.05, 0.1) is 12.8 Å². The number of rotatable bonds is 6. The van der Waals surface area contributed by atoms with Gasteiger partial charge in [-0.25, -0.2) is 0 Å². The van der Waals surface area contributed by atoms with E-state index in [1.165, 1.54) is 4.90 Å². The molecule has 0 spiro atoms. The molecule has 0 radical (unpaired) electrons. The van der Waals surface area contributed by atoms with Crippen LogP contribution in [0.3, 0.4) is 0 Å². The average Bonchev–Trinajstić information content (AvgIpc) is 3.02. The van der Waals surface area contributed by atoms with Crippen LogP contribution < -0.4 is 14.4 Å². The Bertz CT molecular complexity index is 1130. The van der Waals surface area contributed by atoms with Crippen molar-refractivity contribution in [3.63, 3.8) is 0 Å². The van der Waals surface area contributed by atoms with Crippen LogP contribution in [0.4, 0.5) is 5.69 Å². The van der Waals surface area contributed by atoms with Gasteiger partial charge in [-0.05, 0) is 53.7 Å². The van der Waals surface area contributed by atoms with Gasteiger partial charge in [-0.15, -0.1) is 0 Å². The summed E-state index contributed by atoms with van der Waals surface area (Å²) in [6.45, 7) is 0.444. The van der Waals surface area contributed by atoms with Crippen molar-refractivity contribution in [3.8, 4) is 11.5 Å². The van der Waals surface area contributed by atoms with Gasteiger partial charge in [0.15, 0.2) is 16.6 Å². The summed E-state index contributed by atoms with van der Waals surface area (Å²) in [7, 11) is 3.39. The lowest BCUT2D eigenvalue weighted by atomic mass is 10.1. The van der Waals surface area contributed by atoms with Crippen LogP contribution in [-0.2, 0) is 11.4 Å². The highest BCUT2D eigenvalue weighted by Crippen LogP contribution is 2.32. The van der Waals surface area contributed by atoms with E-state index < -0.39 is 0 Å². The summed E-state index contributed by atoms with van der Waals surface area (Å²) in [5.74, 6) is 1.07. The second kappa shape index (κ2) is 9.02. The number of likely N-dealkylation sites (N-methyl/N-ethyl adjacent to an activating group) is 1. The first-order valence-electron chi connectivity index (χ1n) is 9.82. The summed E-state index contributed by atoms with van der Waals surface area (Å²) < 4.78 is 11.4. The van der Waals surface area contributed by atoms with E-state index in [-0.39, 0.29) is 5.91 Å². The van der Waals surface area contributed by atoms with Crippen molar-refractivity contribution in [2.45, 2.75) is 6.61 Å². The van der Waals surface area contributed by atoms with Gasteiger partial charge >= 0.3 is 0 Å². The number of ether oxygens (including phenoxy) is 2. The van der Waals surface area contributed by atoms with E-state index >= 15 is 0 Å². The molecule has 4 rings (SSSR count). The number of amides is 1. The number of methoxy groups -OCH3 is 1. The fourth-order valence-corrected chi connectivity index (χ4v) is 3.63. The van der Waals surface area contributed by atoms with E-state index in [0.717, 1.165) is 16.8 Å². The SMILES string of the molecule is COc1cc(/C=C2/C(=O)N(c3ccccc3)C(=S)N2C)ccc1OCc1ccccc1. The number of thiocarbonyl (C=S) groups is 1. The topological polar surface area (TPSA) is 42.0 Å². The fourth-order valence-electron chi connectivity index (χ4n) is 3.35. The average molecular weight is 431 g/mol. The minimum Gasteiger partial charge on any atom is -0.493 e. The Morgan fingerprint density at radius 1 is 0.935 bits per heavy atom. The van der Waals surface area contributed by atoms with Gasteiger partial charge in [-0.1, -0.05) is 54.6 Å². The predicted molar refractivity (Wildman–Crippen MR) is 126 cm³/mol. The molecule has 156 valence electrons. The first-order valence-corrected chi connectivity index (χ1v) is 10.2. The van der Waals surface area contributed by atoms with Crippen molar-refractivity contribution in [2.24, 2.45) is 0 Å². The van der Waals surface area contributed by atoms with E-state index in [1.807, 2.05) is 78.9 Å². The van der Waals surface area contributed by atoms with Crippen LogP contribution in [0.2, 0.25) is 0 Å². The van der Waals surface area contributed by atoms with Crippen LogP contribution in [-0.4, -0.2) is 30.1 Å². The maximum atomic E-state index is 13.1. The molecule has 3 aromatic carbocycles. The number of benzene rings is 3. The zero-order chi connectivity index (χ0) is 21.8. The summed E-state index contributed by atoms with van der Waals surface area (Å²) >= 11 is 5.51.